The van der Waals surface area contributed by atoms with E-state index in [9.17, 15) is 18.0 Å². The Morgan fingerprint density at radius 2 is 1.61 bits per heavy atom. The van der Waals surface area contributed by atoms with Crippen LogP contribution in [-0.2, 0) is 20.4 Å². The van der Waals surface area contributed by atoms with Crippen LogP contribution in [0, 0.1) is 0 Å². The third-order valence-electron chi connectivity index (χ3n) is 3.84. The Morgan fingerprint density at radius 3 is 2.29 bits per heavy atom. The van der Waals surface area contributed by atoms with Crippen LogP contribution >= 0.6 is 0 Å². The lowest BCUT2D eigenvalue weighted by Gasteiger charge is -2.08. The van der Waals surface area contributed by atoms with Crippen molar-refractivity contribution in [3.8, 4) is 0 Å². The Hall–Kier alpha value is -3.39. The number of furan rings is 1. The Bertz CT molecular complexity index is 1100. The molecular weight excluding hydrogens is 380 g/mol. The zero-order valence-electron chi connectivity index (χ0n) is 15.0. The summed E-state index contributed by atoms with van der Waals surface area (Å²) in [4.78, 5) is 23.9. The van der Waals surface area contributed by atoms with Gasteiger partial charge in [-0.3, -0.25) is 9.59 Å². The van der Waals surface area contributed by atoms with Crippen LogP contribution in [0.2, 0.25) is 0 Å². The van der Waals surface area contributed by atoms with Gasteiger partial charge in [-0.1, -0.05) is 24.3 Å². The van der Waals surface area contributed by atoms with Crippen molar-refractivity contribution in [2.24, 2.45) is 0 Å². The predicted octanol–water partition coefficient (Wildman–Crippen LogP) is 3.46. The second kappa shape index (κ2) is 8.10. The third-order valence-corrected chi connectivity index (χ3v) is 5.52. The van der Waals surface area contributed by atoms with Crippen LogP contribution < -0.4 is 10.6 Å². The lowest BCUT2D eigenvalue weighted by molar-refractivity contribution is -0.114. The molecule has 2 amide bonds. The van der Waals surface area contributed by atoms with Gasteiger partial charge in [0.2, 0.25) is 5.91 Å². The van der Waals surface area contributed by atoms with E-state index in [-0.39, 0.29) is 27.9 Å². The molecule has 0 aliphatic rings. The average molecular weight is 398 g/mol. The summed E-state index contributed by atoms with van der Waals surface area (Å²) in [6, 6.07) is 16.1. The summed E-state index contributed by atoms with van der Waals surface area (Å²) in [5, 5.41) is 5.27. The van der Waals surface area contributed by atoms with Crippen LogP contribution in [0.5, 0.6) is 0 Å². The topological polar surface area (TPSA) is 105 Å². The van der Waals surface area contributed by atoms with E-state index in [1.807, 2.05) is 0 Å². The van der Waals surface area contributed by atoms with Crippen molar-refractivity contribution >= 4 is 33.0 Å². The molecule has 0 unspecified atom stereocenters. The molecule has 0 radical (unpaired) electrons. The maximum Gasteiger partial charge on any atom is 0.291 e. The molecule has 1 heterocycles. The van der Waals surface area contributed by atoms with Crippen molar-refractivity contribution in [1.29, 1.82) is 0 Å². The standard InChI is InChI=1S/C20H18N2O5S/c1-14(23)21-16-6-5-7-17(12-16)22-20(24)19-15(10-11-27-19)13-28(25,26)18-8-3-2-4-9-18/h2-12H,13H2,1H3,(H,21,23)(H,22,24). The summed E-state index contributed by atoms with van der Waals surface area (Å²) in [6.07, 6.45) is 1.28. The quantitative estimate of drug-likeness (QED) is 0.661. The van der Waals surface area contributed by atoms with Crippen LogP contribution in [0.1, 0.15) is 23.0 Å². The first-order valence-electron chi connectivity index (χ1n) is 8.38. The fourth-order valence-electron chi connectivity index (χ4n) is 2.63. The van der Waals surface area contributed by atoms with Crippen molar-refractivity contribution in [1.82, 2.24) is 0 Å². The highest BCUT2D eigenvalue weighted by atomic mass is 32.2. The highest BCUT2D eigenvalue weighted by Crippen LogP contribution is 2.22. The van der Waals surface area contributed by atoms with Gasteiger partial charge in [-0.15, -0.1) is 0 Å². The molecule has 2 N–H and O–H groups in total. The SMILES string of the molecule is CC(=O)Nc1cccc(NC(=O)c2occc2CS(=O)(=O)c2ccccc2)c1. The van der Waals surface area contributed by atoms with Gasteiger partial charge >= 0.3 is 0 Å². The zero-order valence-corrected chi connectivity index (χ0v) is 15.8. The smallest absolute Gasteiger partial charge is 0.291 e. The minimum absolute atomic E-state index is 0.0792. The fraction of sp³-hybridized carbons (Fsp3) is 0.100. The lowest BCUT2D eigenvalue weighted by Crippen LogP contribution is -2.15. The van der Waals surface area contributed by atoms with E-state index >= 15 is 0 Å². The molecule has 3 rings (SSSR count). The van der Waals surface area contributed by atoms with Gasteiger partial charge in [0, 0.05) is 23.9 Å². The molecule has 7 nitrogen and oxygen atoms in total. The van der Waals surface area contributed by atoms with Crippen molar-refractivity contribution in [3.63, 3.8) is 0 Å². The van der Waals surface area contributed by atoms with E-state index in [2.05, 4.69) is 10.6 Å². The summed E-state index contributed by atoms with van der Waals surface area (Å²) >= 11 is 0. The third kappa shape index (κ3) is 4.66. The van der Waals surface area contributed by atoms with Gasteiger partial charge in [-0.25, -0.2) is 8.42 Å². The van der Waals surface area contributed by atoms with Crippen LogP contribution in [-0.4, -0.2) is 20.2 Å². The molecule has 0 saturated carbocycles. The van der Waals surface area contributed by atoms with Gasteiger partial charge in [-0.2, -0.15) is 0 Å². The first kappa shape index (κ1) is 19.4. The van der Waals surface area contributed by atoms with Gasteiger partial charge in [0.15, 0.2) is 15.6 Å². The van der Waals surface area contributed by atoms with E-state index in [0.29, 0.717) is 11.4 Å². The average Bonchev–Trinajstić information content (AvgIpc) is 3.10. The molecule has 0 atom stereocenters. The fourth-order valence-corrected chi connectivity index (χ4v) is 4.01. The molecule has 0 aliphatic heterocycles. The number of sulfone groups is 1. The second-order valence-corrected chi connectivity index (χ2v) is 8.05. The summed E-state index contributed by atoms with van der Waals surface area (Å²) < 4.78 is 30.4. The number of carbonyl (C=O) groups excluding carboxylic acids is 2. The largest absolute Gasteiger partial charge is 0.459 e. The van der Waals surface area contributed by atoms with Gasteiger partial charge in [0.1, 0.15) is 0 Å². The molecule has 0 aliphatic carbocycles. The number of amides is 2. The second-order valence-electron chi connectivity index (χ2n) is 6.06. The van der Waals surface area contributed by atoms with Gasteiger partial charge < -0.3 is 15.1 Å². The summed E-state index contributed by atoms with van der Waals surface area (Å²) in [5.74, 6) is -1.25. The normalized spacial score (nSPS) is 11.0. The van der Waals surface area contributed by atoms with Crippen molar-refractivity contribution < 1.29 is 22.4 Å². The number of nitrogens with one attached hydrogen (secondary N) is 2. The van der Waals surface area contributed by atoms with Gasteiger partial charge in [0.05, 0.1) is 16.9 Å². The Labute approximate surface area is 162 Å². The predicted molar refractivity (Wildman–Crippen MR) is 105 cm³/mol. The van der Waals surface area contributed by atoms with Crippen LogP contribution in [0.4, 0.5) is 11.4 Å². The molecule has 3 aromatic rings. The Morgan fingerprint density at radius 1 is 0.929 bits per heavy atom. The first-order valence-corrected chi connectivity index (χ1v) is 10.0. The Kier molecular flexibility index (Phi) is 5.60. The van der Waals surface area contributed by atoms with Crippen molar-refractivity contribution in [2.45, 2.75) is 17.6 Å². The number of anilines is 2. The molecule has 0 fully saturated rings. The van der Waals surface area contributed by atoms with E-state index < -0.39 is 15.7 Å². The maximum absolute atomic E-state index is 12.6. The molecular formula is C20H18N2O5S. The number of carbonyl (C=O) groups is 2. The molecule has 28 heavy (non-hydrogen) atoms. The molecule has 0 spiro atoms. The monoisotopic (exact) mass is 398 g/mol. The molecule has 2 aromatic carbocycles. The van der Waals surface area contributed by atoms with Gasteiger partial charge in [-0.05, 0) is 36.4 Å². The first-order chi connectivity index (χ1) is 13.3. The Balaban J connectivity index is 1.78. The zero-order chi connectivity index (χ0) is 20.1. The molecule has 144 valence electrons. The van der Waals surface area contributed by atoms with E-state index in [1.54, 1.807) is 42.5 Å². The number of rotatable bonds is 6. The summed E-state index contributed by atoms with van der Waals surface area (Å²) in [5.41, 5.74) is 1.22. The molecule has 1 aromatic heterocycles. The lowest BCUT2D eigenvalue weighted by atomic mass is 10.2. The minimum atomic E-state index is -3.62. The van der Waals surface area contributed by atoms with E-state index in [0.717, 1.165) is 0 Å². The number of hydrogen-bond donors (Lipinski definition) is 2. The van der Waals surface area contributed by atoms with Crippen LogP contribution in [0.15, 0.2) is 76.2 Å². The van der Waals surface area contributed by atoms with E-state index in [1.165, 1.54) is 31.4 Å². The minimum Gasteiger partial charge on any atom is -0.459 e. The maximum atomic E-state index is 12.6. The van der Waals surface area contributed by atoms with Crippen molar-refractivity contribution in [3.05, 3.63) is 78.3 Å². The summed E-state index contributed by atoms with van der Waals surface area (Å²) in [6.45, 7) is 1.38. The van der Waals surface area contributed by atoms with Crippen LogP contribution in [0.25, 0.3) is 0 Å². The highest BCUT2D eigenvalue weighted by Gasteiger charge is 2.22. The van der Waals surface area contributed by atoms with Gasteiger partial charge in [0.25, 0.3) is 5.91 Å². The number of benzene rings is 2. The summed E-state index contributed by atoms with van der Waals surface area (Å²) in [7, 11) is -3.62. The van der Waals surface area contributed by atoms with E-state index in [4.69, 9.17) is 4.42 Å². The van der Waals surface area contributed by atoms with Crippen molar-refractivity contribution in [2.75, 3.05) is 10.6 Å². The number of hydrogen-bond acceptors (Lipinski definition) is 5. The highest BCUT2D eigenvalue weighted by molar-refractivity contribution is 7.90. The van der Waals surface area contributed by atoms with Crippen LogP contribution in [0.3, 0.4) is 0 Å². The molecule has 8 heteroatoms. The molecule has 0 bridgehead atoms. The molecule has 0 saturated heterocycles.